The van der Waals surface area contributed by atoms with Crippen molar-refractivity contribution >= 4 is 0 Å². The van der Waals surface area contributed by atoms with Crippen molar-refractivity contribution in [3.8, 4) is 0 Å². The molecule has 0 aliphatic carbocycles. The van der Waals surface area contributed by atoms with Gasteiger partial charge in [-0.3, -0.25) is 0 Å². The Hall–Kier alpha value is -0.160. The van der Waals surface area contributed by atoms with E-state index in [9.17, 15) is 5.11 Å². The lowest BCUT2D eigenvalue weighted by Gasteiger charge is -2.24. The van der Waals surface area contributed by atoms with E-state index in [4.69, 9.17) is 9.47 Å². The summed E-state index contributed by atoms with van der Waals surface area (Å²) in [4.78, 5) is 0. The van der Waals surface area contributed by atoms with Crippen molar-refractivity contribution in [1.82, 2.24) is 5.32 Å². The molecule has 4 nitrogen and oxygen atoms in total. The molecule has 0 radical (unpaired) electrons. The molecule has 0 amide bonds. The molecule has 1 aliphatic rings. The highest BCUT2D eigenvalue weighted by Crippen LogP contribution is 2.22. The zero-order valence-corrected chi connectivity index (χ0v) is 11.9. The van der Waals surface area contributed by atoms with E-state index < -0.39 is 5.60 Å². The monoisotopic (exact) mass is 259 g/mol. The molecule has 1 saturated heterocycles. The van der Waals surface area contributed by atoms with Gasteiger partial charge in [0, 0.05) is 20.3 Å². The molecule has 1 aliphatic heterocycles. The van der Waals surface area contributed by atoms with Gasteiger partial charge in [0.2, 0.25) is 0 Å². The molecule has 1 rings (SSSR count). The molecule has 4 heteroatoms. The summed E-state index contributed by atoms with van der Waals surface area (Å²) >= 11 is 0. The Balaban J connectivity index is 1.99. The fourth-order valence-corrected chi connectivity index (χ4v) is 2.36. The highest BCUT2D eigenvalue weighted by Gasteiger charge is 2.21. The van der Waals surface area contributed by atoms with Gasteiger partial charge in [0.1, 0.15) is 0 Å². The molecule has 2 N–H and O–H groups in total. The summed E-state index contributed by atoms with van der Waals surface area (Å²) in [7, 11) is 1.70. The summed E-state index contributed by atoms with van der Waals surface area (Å²) in [6.45, 7) is 5.27. The van der Waals surface area contributed by atoms with E-state index in [1.54, 1.807) is 7.11 Å². The van der Waals surface area contributed by atoms with Gasteiger partial charge in [-0.15, -0.1) is 0 Å². The zero-order valence-electron chi connectivity index (χ0n) is 11.9. The van der Waals surface area contributed by atoms with Gasteiger partial charge in [-0.05, 0) is 52.0 Å². The van der Waals surface area contributed by atoms with E-state index in [0.717, 1.165) is 52.0 Å². The van der Waals surface area contributed by atoms with Crippen LogP contribution in [0.1, 0.15) is 45.4 Å². The predicted octanol–water partition coefficient (Wildman–Crippen LogP) is 1.71. The molecule has 0 spiro atoms. The first-order valence-electron chi connectivity index (χ1n) is 7.18. The van der Waals surface area contributed by atoms with Crippen molar-refractivity contribution in [2.45, 2.75) is 57.2 Å². The lowest BCUT2D eigenvalue weighted by atomic mass is 9.94. The maximum atomic E-state index is 10.2. The van der Waals surface area contributed by atoms with Crippen LogP contribution in [-0.4, -0.2) is 50.2 Å². The number of aliphatic hydroxyl groups is 1. The molecular weight excluding hydrogens is 230 g/mol. The summed E-state index contributed by atoms with van der Waals surface area (Å²) in [6.07, 6.45) is 6.63. The van der Waals surface area contributed by atoms with Crippen molar-refractivity contribution < 1.29 is 14.6 Å². The third-order valence-corrected chi connectivity index (χ3v) is 3.59. The first-order valence-corrected chi connectivity index (χ1v) is 7.18. The summed E-state index contributed by atoms with van der Waals surface area (Å²) < 4.78 is 10.5. The second-order valence-corrected chi connectivity index (χ2v) is 5.52. The number of ether oxygens (including phenoxy) is 2. The maximum absolute atomic E-state index is 10.2. The zero-order chi connectivity index (χ0) is 13.3. The number of nitrogens with one attached hydrogen (secondary N) is 1. The lowest BCUT2D eigenvalue weighted by molar-refractivity contribution is 0.0326. The van der Waals surface area contributed by atoms with Gasteiger partial charge in [-0.2, -0.15) is 0 Å². The molecule has 0 aromatic rings. The molecule has 108 valence electrons. The molecule has 0 aromatic heterocycles. The number of hydrogen-bond donors (Lipinski definition) is 2. The third-order valence-electron chi connectivity index (χ3n) is 3.59. The molecule has 2 atom stereocenters. The SMILES string of the molecule is COCCNCCC(C)(O)CCCC1CCCO1. The molecule has 18 heavy (non-hydrogen) atoms. The van der Waals surface area contributed by atoms with Crippen LogP contribution < -0.4 is 5.32 Å². The van der Waals surface area contributed by atoms with Crippen LogP contribution >= 0.6 is 0 Å². The average molecular weight is 259 g/mol. The minimum atomic E-state index is -0.557. The average Bonchev–Trinajstić information content (AvgIpc) is 2.81. The lowest BCUT2D eigenvalue weighted by Crippen LogP contribution is -2.31. The van der Waals surface area contributed by atoms with Crippen LogP contribution in [-0.2, 0) is 9.47 Å². The fraction of sp³-hybridized carbons (Fsp3) is 1.00. The van der Waals surface area contributed by atoms with Crippen molar-refractivity contribution in [3.05, 3.63) is 0 Å². The maximum Gasteiger partial charge on any atom is 0.0631 e. The second-order valence-electron chi connectivity index (χ2n) is 5.52. The van der Waals surface area contributed by atoms with Crippen molar-refractivity contribution in [2.75, 3.05) is 33.4 Å². The first kappa shape index (κ1) is 15.9. The van der Waals surface area contributed by atoms with Gasteiger partial charge in [0.15, 0.2) is 0 Å². The Morgan fingerprint density at radius 2 is 2.22 bits per heavy atom. The molecule has 0 bridgehead atoms. The van der Waals surface area contributed by atoms with E-state index in [0.29, 0.717) is 6.10 Å². The van der Waals surface area contributed by atoms with Crippen LogP contribution in [0.4, 0.5) is 0 Å². The molecule has 0 aromatic carbocycles. The minimum absolute atomic E-state index is 0.445. The number of hydrogen-bond acceptors (Lipinski definition) is 4. The molecular formula is C14H29NO3. The quantitative estimate of drug-likeness (QED) is 0.587. The topological polar surface area (TPSA) is 50.7 Å². The largest absolute Gasteiger partial charge is 0.390 e. The Morgan fingerprint density at radius 3 is 2.89 bits per heavy atom. The van der Waals surface area contributed by atoms with Crippen LogP contribution in [0.2, 0.25) is 0 Å². The Kier molecular flexibility index (Phi) is 7.82. The summed E-state index contributed by atoms with van der Waals surface area (Å²) in [6, 6.07) is 0. The van der Waals surface area contributed by atoms with Gasteiger partial charge in [0.05, 0.1) is 18.3 Å². The van der Waals surface area contributed by atoms with Crippen LogP contribution in [0.3, 0.4) is 0 Å². The normalized spacial score (nSPS) is 23.2. The summed E-state index contributed by atoms with van der Waals surface area (Å²) in [5.41, 5.74) is -0.557. The van der Waals surface area contributed by atoms with Crippen LogP contribution in [0, 0.1) is 0 Å². The standard InChI is InChI=1S/C14H29NO3/c1-14(16,8-9-15-10-12-17-2)7-3-5-13-6-4-11-18-13/h13,15-16H,3-12H2,1-2H3. The minimum Gasteiger partial charge on any atom is -0.390 e. The third kappa shape index (κ3) is 7.31. The van der Waals surface area contributed by atoms with Gasteiger partial charge >= 0.3 is 0 Å². The van der Waals surface area contributed by atoms with E-state index >= 15 is 0 Å². The fourth-order valence-electron chi connectivity index (χ4n) is 2.36. The Morgan fingerprint density at radius 1 is 1.39 bits per heavy atom. The van der Waals surface area contributed by atoms with Gasteiger partial charge in [-0.25, -0.2) is 0 Å². The molecule has 1 fully saturated rings. The highest BCUT2D eigenvalue weighted by molar-refractivity contribution is 4.75. The molecule has 2 unspecified atom stereocenters. The Labute approximate surface area is 111 Å². The van der Waals surface area contributed by atoms with Crippen molar-refractivity contribution in [3.63, 3.8) is 0 Å². The molecule has 0 saturated carbocycles. The molecule has 1 heterocycles. The number of methoxy groups -OCH3 is 1. The highest BCUT2D eigenvalue weighted by atomic mass is 16.5. The smallest absolute Gasteiger partial charge is 0.0631 e. The van der Waals surface area contributed by atoms with E-state index in [-0.39, 0.29) is 0 Å². The van der Waals surface area contributed by atoms with Crippen LogP contribution in [0.25, 0.3) is 0 Å². The number of rotatable bonds is 10. The second kappa shape index (κ2) is 8.86. The summed E-state index contributed by atoms with van der Waals surface area (Å²) in [5, 5.41) is 13.5. The Bertz CT molecular complexity index is 203. The predicted molar refractivity (Wildman–Crippen MR) is 72.8 cm³/mol. The summed E-state index contributed by atoms with van der Waals surface area (Å²) in [5.74, 6) is 0. The van der Waals surface area contributed by atoms with Crippen molar-refractivity contribution in [1.29, 1.82) is 0 Å². The van der Waals surface area contributed by atoms with Crippen LogP contribution in [0.5, 0.6) is 0 Å². The first-order chi connectivity index (χ1) is 8.64. The van der Waals surface area contributed by atoms with Gasteiger partial charge in [0.25, 0.3) is 0 Å². The van der Waals surface area contributed by atoms with Gasteiger partial charge in [-0.1, -0.05) is 0 Å². The van der Waals surface area contributed by atoms with Gasteiger partial charge < -0.3 is 19.9 Å². The van der Waals surface area contributed by atoms with E-state index in [1.807, 2.05) is 6.92 Å². The van der Waals surface area contributed by atoms with Crippen LogP contribution in [0.15, 0.2) is 0 Å². The van der Waals surface area contributed by atoms with E-state index in [1.165, 1.54) is 12.8 Å². The van der Waals surface area contributed by atoms with E-state index in [2.05, 4.69) is 5.32 Å². The van der Waals surface area contributed by atoms with Crippen molar-refractivity contribution in [2.24, 2.45) is 0 Å².